The summed E-state index contributed by atoms with van der Waals surface area (Å²) in [6.45, 7) is 0.814. The highest BCUT2D eigenvalue weighted by Crippen LogP contribution is 2.70. The van der Waals surface area contributed by atoms with E-state index < -0.39 is 36.4 Å². The molecule has 1 aliphatic heterocycles. The second-order valence-corrected chi connectivity index (χ2v) is 5.90. The molecule has 9 nitrogen and oxygen atoms in total. The van der Waals surface area contributed by atoms with Crippen molar-refractivity contribution in [3.63, 3.8) is 0 Å². The van der Waals surface area contributed by atoms with E-state index >= 15 is 0 Å². The number of hydrogen-bond donors (Lipinski definition) is 3. The molecular weight excluding hydrogens is 328 g/mol. The molecule has 4 N–H and O–H groups in total. The molecule has 0 bridgehead atoms. The number of nitrogens with zero attached hydrogens (tertiary/aromatic N) is 4. The maximum Gasteiger partial charge on any atom is 0.271 e. The average Bonchev–Trinajstić information content (AvgIpc) is 2.86. The Kier molecular flexibility index (Phi) is 2.89. The van der Waals surface area contributed by atoms with Crippen LogP contribution in [0.25, 0.3) is 11.2 Å². The predicted octanol–water partition coefficient (Wildman–Crippen LogP) is -0.163. The molecule has 4 rings (SSSR count). The Bertz CT molecular complexity index is 832. The van der Waals surface area contributed by atoms with Gasteiger partial charge in [0.2, 0.25) is 17.5 Å². The van der Waals surface area contributed by atoms with Crippen molar-refractivity contribution in [3.05, 3.63) is 6.33 Å². The van der Waals surface area contributed by atoms with E-state index in [1.54, 1.807) is 6.92 Å². The van der Waals surface area contributed by atoms with Crippen LogP contribution in [0.2, 0.25) is 0 Å². The fraction of sp³-hybridized carbons (Fsp3) is 0.615. The Morgan fingerprint density at radius 3 is 2.88 bits per heavy atom. The highest BCUT2D eigenvalue weighted by Gasteiger charge is 2.89. The van der Waals surface area contributed by atoms with Crippen LogP contribution in [0.4, 0.5) is 14.7 Å². The van der Waals surface area contributed by atoms with Gasteiger partial charge in [-0.3, -0.25) is 4.57 Å². The lowest BCUT2D eigenvalue weighted by Crippen LogP contribution is -2.41. The third-order valence-corrected chi connectivity index (χ3v) is 4.52. The summed E-state index contributed by atoms with van der Waals surface area (Å²) in [4.78, 5) is 12.0. The van der Waals surface area contributed by atoms with Gasteiger partial charge in [0.25, 0.3) is 5.85 Å². The van der Waals surface area contributed by atoms with Gasteiger partial charge >= 0.3 is 0 Å². The standard InChI is InChI=1S/C13H15F2N5O4/c1-2-23-8-6-7(18-10(16)19-8)20(5-17-6)9-11(22)3-12(11,14)13(15,4-21)24-9/h5,9,21-22H,2-4H2,1H3,(H2,16,18,19)/t9-,11+,12-,13-/m1/s1. The topological polar surface area (TPSA) is 129 Å². The Morgan fingerprint density at radius 2 is 2.25 bits per heavy atom. The number of aliphatic hydroxyl groups excluding tert-OH is 1. The quantitative estimate of drug-likeness (QED) is 0.698. The summed E-state index contributed by atoms with van der Waals surface area (Å²) in [6, 6.07) is 0. The fourth-order valence-electron chi connectivity index (χ4n) is 3.20. The van der Waals surface area contributed by atoms with Crippen molar-refractivity contribution in [2.45, 2.75) is 36.7 Å². The molecule has 2 aliphatic rings. The Labute approximate surface area is 134 Å². The number of nitrogen functional groups attached to an aromatic ring is 1. The molecule has 3 heterocycles. The van der Waals surface area contributed by atoms with Crippen molar-refractivity contribution in [2.24, 2.45) is 0 Å². The van der Waals surface area contributed by atoms with E-state index in [4.69, 9.17) is 20.3 Å². The van der Waals surface area contributed by atoms with Crippen LogP contribution >= 0.6 is 0 Å². The summed E-state index contributed by atoms with van der Waals surface area (Å²) in [6.07, 6.45) is -0.778. The number of nitrogens with two attached hydrogens (primary N) is 1. The summed E-state index contributed by atoms with van der Waals surface area (Å²) in [5.74, 6) is -3.03. The molecule has 0 aromatic carbocycles. The number of imidazole rings is 1. The molecule has 1 saturated carbocycles. The summed E-state index contributed by atoms with van der Waals surface area (Å²) >= 11 is 0. The number of hydrogen-bond acceptors (Lipinski definition) is 8. The van der Waals surface area contributed by atoms with Crippen molar-refractivity contribution in [1.82, 2.24) is 19.5 Å². The number of ether oxygens (including phenoxy) is 2. The third kappa shape index (κ3) is 1.63. The van der Waals surface area contributed by atoms with Crippen LogP contribution in [0.5, 0.6) is 5.88 Å². The van der Waals surface area contributed by atoms with E-state index in [1.807, 2.05) is 0 Å². The van der Waals surface area contributed by atoms with Crippen molar-refractivity contribution >= 4 is 17.1 Å². The molecule has 11 heteroatoms. The maximum absolute atomic E-state index is 14.6. The second kappa shape index (κ2) is 4.49. The Hall–Kier alpha value is -2.11. The minimum atomic E-state index is -3.01. The molecule has 0 unspecified atom stereocenters. The number of halogens is 2. The van der Waals surface area contributed by atoms with Crippen LogP contribution in [0.15, 0.2) is 6.33 Å². The summed E-state index contributed by atoms with van der Waals surface area (Å²) in [7, 11) is 0. The molecule has 2 fully saturated rings. The molecule has 2 aromatic rings. The number of fused-ring (bicyclic) bond motifs is 2. The fourth-order valence-corrected chi connectivity index (χ4v) is 3.20. The van der Waals surface area contributed by atoms with E-state index in [2.05, 4.69) is 15.0 Å². The highest BCUT2D eigenvalue weighted by molar-refractivity contribution is 5.77. The molecule has 0 amide bonds. The molecule has 0 spiro atoms. The third-order valence-electron chi connectivity index (χ3n) is 4.52. The van der Waals surface area contributed by atoms with Crippen molar-refractivity contribution in [2.75, 3.05) is 18.9 Å². The largest absolute Gasteiger partial charge is 0.476 e. The smallest absolute Gasteiger partial charge is 0.271 e. The summed E-state index contributed by atoms with van der Waals surface area (Å²) < 4.78 is 40.6. The lowest BCUT2D eigenvalue weighted by molar-refractivity contribution is -0.223. The number of alkyl halides is 2. The summed E-state index contributed by atoms with van der Waals surface area (Å²) in [5, 5.41) is 19.6. The lowest BCUT2D eigenvalue weighted by Gasteiger charge is -2.24. The molecule has 0 radical (unpaired) electrons. The number of aromatic nitrogens is 4. The van der Waals surface area contributed by atoms with Gasteiger partial charge in [0.15, 0.2) is 23.0 Å². The lowest BCUT2D eigenvalue weighted by atomic mass is 10.1. The zero-order valence-electron chi connectivity index (χ0n) is 12.6. The van der Waals surface area contributed by atoms with Crippen LogP contribution in [-0.2, 0) is 4.74 Å². The van der Waals surface area contributed by atoms with Crippen LogP contribution in [0, 0.1) is 0 Å². The van der Waals surface area contributed by atoms with Crippen molar-refractivity contribution in [1.29, 1.82) is 0 Å². The minimum Gasteiger partial charge on any atom is -0.476 e. The average molecular weight is 343 g/mol. The van der Waals surface area contributed by atoms with Crippen molar-refractivity contribution < 1.29 is 28.5 Å². The van der Waals surface area contributed by atoms with E-state index in [-0.39, 0.29) is 23.0 Å². The van der Waals surface area contributed by atoms with Gasteiger partial charge in [-0.1, -0.05) is 0 Å². The van der Waals surface area contributed by atoms with Gasteiger partial charge in [0.1, 0.15) is 6.61 Å². The first-order valence-electron chi connectivity index (χ1n) is 7.31. The van der Waals surface area contributed by atoms with E-state index in [1.165, 1.54) is 6.33 Å². The minimum absolute atomic E-state index is 0.0980. The van der Waals surface area contributed by atoms with Gasteiger partial charge in [-0.15, -0.1) is 0 Å². The van der Waals surface area contributed by atoms with E-state index in [0.717, 1.165) is 4.57 Å². The molecular formula is C13H15F2N5O4. The summed E-state index contributed by atoms with van der Waals surface area (Å²) in [5.41, 5.74) is 1.11. The monoisotopic (exact) mass is 343 g/mol. The van der Waals surface area contributed by atoms with Gasteiger partial charge in [-0.05, 0) is 6.92 Å². The second-order valence-electron chi connectivity index (χ2n) is 5.90. The van der Waals surface area contributed by atoms with Gasteiger partial charge in [-0.2, -0.15) is 9.97 Å². The molecule has 4 atom stereocenters. The van der Waals surface area contributed by atoms with Gasteiger partial charge in [0.05, 0.1) is 12.9 Å². The van der Waals surface area contributed by atoms with Gasteiger partial charge < -0.3 is 25.4 Å². The molecule has 130 valence electrons. The maximum atomic E-state index is 14.6. The van der Waals surface area contributed by atoms with Gasteiger partial charge in [-0.25, -0.2) is 13.8 Å². The van der Waals surface area contributed by atoms with E-state index in [0.29, 0.717) is 6.61 Å². The first-order valence-corrected chi connectivity index (χ1v) is 7.31. The molecule has 24 heavy (non-hydrogen) atoms. The molecule has 1 aliphatic carbocycles. The van der Waals surface area contributed by atoms with E-state index in [9.17, 15) is 13.9 Å². The number of rotatable bonds is 4. The Morgan fingerprint density at radius 1 is 1.50 bits per heavy atom. The van der Waals surface area contributed by atoms with Gasteiger partial charge in [0, 0.05) is 6.42 Å². The first-order chi connectivity index (χ1) is 11.3. The number of anilines is 1. The normalized spacial score (nSPS) is 37.6. The predicted molar refractivity (Wildman–Crippen MR) is 75.4 cm³/mol. The zero-order chi connectivity index (χ0) is 17.3. The molecule has 2 aromatic heterocycles. The van der Waals surface area contributed by atoms with Crippen LogP contribution in [0.1, 0.15) is 19.6 Å². The number of aliphatic hydroxyl groups is 2. The first kappa shape index (κ1) is 15.4. The van der Waals surface area contributed by atoms with Crippen LogP contribution in [-0.4, -0.2) is 60.1 Å². The SMILES string of the molecule is CCOc1nc(N)nc2c1ncn2[C@@H]1O[C@](F)(CO)[C@@]2(F)C[C@]12O. The molecule has 1 saturated heterocycles. The Balaban J connectivity index is 1.84. The zero-order valence-corrected chi connectivity index (χ0v) is 12.6. The highest BCUT2D eigenvalue weighted by atomic mass is 19.2. The van der Waals surface area contributed by atoms with Crippen molar-refractivity contribution in [3.8, 4) is 5.88 Å². The van der Waals surface area contributed by atoms with Crippen LogP contribution < -0.4 is 10.5 Å². The van der Waals surface area contributed by atoms with Crippen LogP contribution in [0.3, 0.4) is 0 Å².